The summed E-state index contributed by atoms with van der Waals surface area (Å²) in [6.07, 6.45) is 3.20. The van der Waals surface area contributed by atoms with Gasteiger partial charge >= 0.3 is 0 Å². The van der Waals surface area contributed by atoms with E-state index in [2.05, 4.69) is 20.8 Å². The zero-order chi connectivity index (χ0) is 11.5. The second kappa shape index (κ2) is 4.97. The van der Waals surface area contributed by atoms with Gasteiger partial charge < -0.3 is 10.6 Å². The second-order valence-electron chi connectivity index (χ2n) is 5.40. The molecule has 1 saturated carbocycles. The summed E-state index contributed by atoms with van der Waals surface area (Å²) in [4.78, 5) is 14.0. The van der Waals surface area contributed by atoms with E-state index in [0.717, 1.165) is 32.4 Å². The van der Waals surface area contributed by atoms with Gasteiger partial charge in [0, 0.05) is 19.0 Å². The van der Waals surface area contributed by atoms with E-state index in [4.69, 9.17) is 5.73 Å². The van der Waals surface area contributed by atoms with Gasteiger partial charge in [-0.1, -0.05) is 20.8 Å². The fourth-order valence-electron chi connectivity index (χ4n) is 1.71. The lowest BCUT2D eigenvalue weighted by molar-refractivity contribution is -0.133. The number of amides is 1. The van der Waals surface area contributed by atoms with E-state index in [-0.39, 0.29) is 5.41 Å². The Bertz CT molecular complexity index is 222. The first-order valence-electron chi connectivity index (χ1n) is 5.99. The molecule has 0 aliphatic heterocycles. The standard InChI is InChI=1S/C12H24N2O/c1-4-7-14(9-12(2,3)8-13)11(15)10-5-6-10/h10H,4-9,13H2,1-3H3. The van der Waals surface area contributed by atoms with E-state index >= 15 is 0 Å². The normalized spacial score (nSPS) is 16.5. The first-order valence-corrected chi connectivity index (χ1v) is 5.99. The molecule has 0 radical (unpaired) electrons. The lowest BCUT2D eigenvalue weighted by atomic mass is 9.93. The van der Waals surface area contributed by atoms with Crippen LogP contribution in [0, 0.1) is 11.3 Å². The summed E-state index contributed by atoms with van der Waals surface area (Å²) in [6.45, 7) is 8.66. The summed E-state index contributed by atoms with van der Waals surface area (Å²) in [5.41, 5.74) is 5.75. The molecule has 1 aliphatic carbocycles. The van der Waals surface area contributed by atoms with E-state index in [9.17, 15) is 4.79 Å². The van der Waals surface area contributed by atoms with Crippen LogP contribution in [0.15, 0.2) is 0 Å². The van der Waals surface area contributed by atoms with Crippen LogP contribution < -0.4 is 5.73 Å². The molecule has 1 fully saturated rings. The molecule has 88 valence electrons. The molecule has 3 nitrogen and oxygen atoms in total. The summed E-state index contributed by atoms with van der Waals surface area (Å²) in [5, 5.41) is 0. The van der Waals surface area contributed by atoms with Gasteiger partial charge in [-0.05, 0) is 31.2 Å². The minimum atomic E-state index is 0.0414. The Morgan fingerprint density at radius 3 is 2.47 bits per heavy atom. The van der Waals surface area contributed by atoms with Crippen LogP contribution in [0.4, 0.5) is 0 Å². The lowest BCUT2D eigenvalue weighted by Gasteiger charge is -2.31. The van der Waals surface area contributed by atoms with Crippen LogP contribution in [0.1, 0.15) is 40.0 Å². The van der Waals surface area contributed by atoms with Crippen molar-refractivity contribution in [2.24, 2.45) is 17.1 Å². The van der Waals surface area contributed by atoms with Crippen molar-refractivity contribution in [3.8, 4) is 0 Å². The van der Waals surface area contributed by atoms with Gasteiger partial charge in [0.1, 0.15) is 0 Å². The van der Waals surface area contributed by atoms with Gasteiger partial charge in [-0.15, -0.1) is 0 Å². The molecular formula is C12H24N2O. The maximum atomic E-state index is 12.0. The molecule has 0 saturated heterocycles. The van der Waals surface area contributed by atoms with Gasteiger partial charge in [0.05, 0.1) is 0 Å². The van der Waals surface area contributed by atoms with Crippen LogP contribution in [0.25, 0.3) is 0 Å². The second-order valence-corrected chi connectivity index (χ2v) is 5.40. The molecule has 0 heterocycles. The van der Waals surface area contributed by atoms with Crippen molar-refractivity contribution >= 4 is 5.91 Å². The number of carbonyl (C=O) groups excluding carboxylic acids is 1. The third-order valence-corrected chi connectivity index (χ3v) is 2.90. The summed E-state index contributed by atoms with van der Waals surface area (Å²) < 4.78 is 0. The molecule has 0 aromatic rings. The van der Waals surface area contributed by atoms with Crippen molar-refractivity contribution in [2.75, 3.05) is 19.6 Å². The predicted octanol–water partition coefficient (Wildman–Crippen LogP) is 1.62. The zero-order valence-electron chi connectivity index (χ0n) is 10.3. The predicted molar refractivity (Wildman–Crippen MR) is 62.4 cm³/mol. The van der Waals surface area contributed by atoms with E-state index in [1.54, 1.807) is 0 Å². The van der Waals surface area contributed by atoms with Crippen LogP contribution in [-0.2, 0) is 4.79 Å². The van der Waals surface area contributed by atoms with E-state index < -0.39 is 0 Å². The van der Waals surface area contributed by atoms with Crippen LogP contribution in [-0.4, -0.2) is 30.4 Å². The largest absolute Gasteiger partial charge is 0.342 e. The molecule has 0 spiro atoms. The average Bonchev–Trinajstić information content (AvgIpc) is 2.99. The van der Waals surface area contributed by atoms with Crippen molar-refractivity contribution < 1.29 is 4.79 Å². The highest BCUT2D eigenvalue weighted by Gasteiger charge is 2.34. The number of hydrogen-bond donors (Lipinski definition) is 1. The van der Waals surface area contributed by atoms with Crippen LogP contribution in [0.2, 0.25) is 0 Å². The Morgan fingerprint density at radius 1 is 1.47 bits per heavy atom. The van der Waals surface area contributed by atoms with Gasteiger partial charge in [0.25, 0.3) is 0 Å². The maximum absolute atomic E-state index is 12.0. The van der Waals surface area contributed by atoms with E-state index in [1.807, 2.05) is 4.90 Å². The highest BCUT2D eigenvalue weighted by Crippen LogP contribution is 2.32. The first-order chi connectivity index (χ1) is 7.00. The third-order valence-electron chi connectivity index (χ3n) is 2.90. The number of rotatable bonds is 6. The SMILES string of the molecule is CCCN(CC(C)(C)CN)C(=O)C1CC1. The number of hydrogen-bond acceptors (Lipinski definition) is 2. The fraction of sp³-hybridized carbons (Fsp3) is 0.917. The van der Waals surface area contributed by atoms with Gasteiger partial charge in [0.15, 0.2) is 0 Å². The molecule has 1 amide bonds. The van der Waals surface area contributed by atoms with Crippen molar-refractivity contribution in [2.45, 2.75) is 40.0 Å². The Kier molecular flexibility index (Phi) is 4.14. The third kappa shape index (κ3) is 3.82. The molecule has 1 rings (SSSR count). The van der Waals surface area contributed by atoms with Crippen LogP contribution in [0.5, 0.6) is 0 Å². The Balaban J connectivity index is 2.52. The molecule has 0 aromatic heterocycles. The van der Waals surface area contributed by atoms with Gasteiger partial charge in [-0.25, -0.2) is 0 Å². The fourth-order valence-corrected chi connectivity index (χ4v) is 1.71. The first kappa shape index (κ1) is 12.5. The molecule has 0 bridgehead atoms. The Hall–Kier alpha value is -0.570. The topological polar surface area (TPSA) is 46.3 Å². The average molecular weight is 212 g/mol. The number of carbonyl (C=O) groups is 1. The summed E-state index contributed by atoms with van der Waals surface area (Å²) in [7, 11) is 0. The maximum Gasteiger partial charge on any atom is 0.225 e. The highest BCUT2D eigenvalue weighted by molar-refractivity contribution is 5.81. The quantitative estimate of drug-likeness (QED) is 0.727. The Labute approximate surface area is 93.0 Å². The monoisotopic (exact) mass is 212 g/mol. The van der Waals surface area contributed by atoms with Crippen molar-refractivity contribution in [1.82, 2.24) is 4.90 Å². The molecule has 0 unspecified atom stereocenters. The molecule has 0 atom stereocenters. The summed E-state index contributed by atoms with van der Waals surface area (Å²) in [6, 6.07) is 0. The van der Waals surface area contributed by atoms with Crippen molar-refractivity contribution in [1.29, 1.82) is 0 Å². The van der Waals surface area contributed by atoms with Crippen molar-refractivity contribution in [3.63, 3.8) is 0 Å². The molecule has 15 heavy (non-hydrogen) atoms. The van der Waals surface area contributed by atoms with Crippen LogP contribution >= 0.6 is 0 Å². The number of nitrogens with two attached hydrogens (primary N) is 1. The van der Waals surface area contributed by atoms with E-state index in [0.29, 0.717) is 18.4 Å². The minimum absolute atomic E-state index is 0.0414. The molecular weight excluding hydrogens is 188 g/mol. The number of nitrogens with zero attached hydrogens (tertiary/aromatic N) is 1. The summed E-state index contributed by atoms with van der Waals surface area (Å²) >= 11 is 0. The van der Waals surface area contributed by atoms with Gasteiger partial charge in [-0.3, -0.25) is 4.79 Å². The van der Waals surface area contributed by atoms with E-state index in [1.165, 1.54) is 0 Å². The van der Waals surface area contributed by atoms with Gasteiger partial charge in [0.2, 0.25) is 5.91 Å². The van der Waals surface area contributed by atoms with Crippen molar-refractivity contribution in [3.05, 3.63) is 0 Å². The molecule has 2 N–H and O–H groups in total. The van der Waals surface area contributed by atoms with Crippen LogP contribution in [0.3, 0.4) is 0 Å². The smallest absolute Gasteiger partial charge is 0.225 e. The molecule has 0 aromatic carbocycles. The molecule has 1 aliphatic rings. The van der Waals surface area contributed by atoms with Gasteiger partial charge in [-0.2, -0.15) is 0 Å². The minimum Gasteiger partial charge on any atom is -0.342 e. The molecule has 3 heteroatoms. The Morgan fingerprint density at radius 2 is 2.07 bits per heavy atom. The lowest BCUT2D eigenvalue weighted by Crippen LogP contribution is -2.43. The summed E-state index contributed by atoms with van der Waals surface area (Å²) in [5.74, 6) is 0.670. The zero-order valence-corrected chi connectivity index (χ0v) is 10.3. The highest BCUT2D eigenvalue weighted by atomic mass is 16.2.